The molecule has 34 heavy (non-hydrogen) atoms. The van der Waals surface area contributed by atoms with Crippen molar-refractivity contribution in [2.75, 3.05) is 10.5 Å². The Bertz CT molecular complexity index is 1590. The van der Waals surface area contributed by atoms with E-state index in [0.717, 1.165) is 39.2 Å². The summed E-state index contributed by atoms with van der Waals surface area (Å²) in [6.45, 7) is 5.34. The number of hydrogen-bond acceptors (Lipinski definition) is 6. The van der Waals surface area contributed by atoms with Gasteiger partial charge in [-0.05, 0) is 44.5 Å². The van der Waals surface area contributed by atoms with Crippen molar-refractivity contribution in [3.05, 3.63) is 72.2 Å². The number of aromatic amines is 1. The first-order valence-electron chi connectivity index (χ1n) is 10.8. The number of nitrogens with zero attached hydrogens (tertiary/aromatic N) is 3. The predicted molar refractivity (Wildman–Crippen MR) is 133 cm³/mol. The highest BCUT2D eigenvalue weighted by atomic mass is 32.2. The molecule has 0 atom stereocenters. The number of H-pyrrole nitrogens is 1. The maximum Gasteiger partial charge on any atom is 0.234 e. The topological polar surface area (TPSA) is 114 Å². The number of aromatic nitrogens is 4. The first-order valence-corrected chi connectivity index (χ1v) is 12.5. The Hall–Kier alpha value is -3.98. The Morgan fingerprint density at radius 1 is 1.00 bits per heavy atom. The van der Waals surface area contributed by atoms with E-state index in [4.69, 9.17) is 4.52 Å². The lowest BCUT2D eigenvalue weighted by Crippen LogP contribution is -2.15. The molecule has 2 aromatic carbocycles. The lowest BCUT2D eigenvalue weighted by molar-refractivity contribution is 0.393. The smallest absolute Gasteiger partial charge is 0.234 e. The van der Waals surface area contributed by atoms with Crippen LogP contribution in [-0.4, -0.2) is 34.3 Å². The van der Waals surface area contributed by atoms with E-state index in [0.29, 0.717) is 16.8 Å². The quantitative estimate of drug-likeness (QED) is 0.345. The van der Waals surface area contributed by atoms with Crippen LogP contribution in [0.2, 0.25) is 0 Å². The van der Waals surface area contributed by atoms with E-state index in [1.807, 2.05) is 68.4 Å². The summed E-state index contributed by atoms with van der Waals surface area (Å²) in [6, 6.07) is 17.7. The number of rotatable bonds is 6. The molecule has 9 heteroatoms. The fourth-order valence-corrected chi connectivity index (χ4v) is 4.61. The normalized spacial score (nSPS) is 11.7. The van der Waals surface area contributed by atoms with Gasteiger partial charge in [-0.1, -0.05) is 41.6 Å². The summed E-state index contributed by atoms with van der Waals surface area (Å²) < 4.78 is 32.3. The third kappa shape index (κ3) is 3.94. The van der Waals surface area contributed by atoms with E-state index < -0.39 is 10.0 Å². The highest BCUT2D eigenvalue weighted by molar-refractivity contribution is 7.92. The zero-order chi connectivity index (χ0) is 23.9. The van der Waals surface area contributed by atoms with Crippen molar-refractivity contribution >= 4 is 27.0 Å². The van der Waals surface area contributed by atoms with Crippen molar-refractivity contribution in [3.8, 4) is 33.5 Å². The van der Waals surface area contributed by atoms with Crippen molar-refractivity contribution in [1.82, 2.24) is 20.1 Å². The molecule has 0 bridgehead atoms. The number of hydrogen-bond donors (Lipinski definition) is 2. The molecule has 8 nitrogen and oxygen atoms in total. The number of anilines is 1. The molecule has 2 N–H and O–H groups in total. The molecule has 0 saturated carbocycles. The fourth-order valence-electron chi connectivity index (χ4n) is 4.08. The largest absolute Gasteiger partial charge is 0.361 e. The Morgan fingerprint density at radius 2 is 1.79 bits per heavy atom. The Morgan fingerprint density at radius 3 is 2.50 bits per heavy atom. The van der Waals surface area contributed by atoms with Gasteiger partial charge in [0.15, 0.2) is 0 Å². The summed E-state index contributed by atoms with van der Waals surface area (Å²) >= 11 is 0. The Labute approximate surface area is 197 Å². The summed E-state index contributed by atoms with van der Waals surface area (Å²) in [5.41, 5.74) is 7.33. The number of fused-ring (bicyclic) bond motifs is 1. The van der Waals surface area contributed by atoms with Crippen molar-refractivity contribution < 1.29 is 12.9 Å². The number of nitrogens with one attached hydrogen (secondary N) is 2. The van der Waals surface area contributed by atoms with Gasteiger partial charge in [0, 0.05) is 28.5 Å². The molecule has 172 valence electrons. The minimum Gasteiger partial charge on any atom is -0.361 e. The Kier molecular flexibility index (Phi) is 5.41. The summed E-state index contributed by atoms with van der Waals surface area (Å²) in [5.74, 6) is 0.810. The molecular weight excluding hydrogens is 450 g/mol. The summed E-state index contributed by atoms with van der Waals surface area (Å²) in [5, 5.41) is 4.10. The van der Waals surface area contributed by atoms with Gasteiger partial charge in [0.25, 0.3) is 0 Å². The Balaban J connectivity index is 1.80. The molecule has 0 amide bonds. The van der Waals surface area contributed by atoms with Crippen LogP contribution in [0.3, 0.4) is 0 Å². The summed E-state index contributed by atoms with van der Waals surface area (Å²) in [4.78, 5) is 12.4. The van der Waals surface area contributed by atoms with E-state index in [1.54, 1.807) is 13.1 Å². The maximum atomic E-state index is 12.2. The zero-order valence-corrected chi connectivity index (χ0v) is 19.8. The molecule has 3 heterocycles. The third-order valence-corrected chi connectivity index (χ3v) is 6.95. The van der Waals surface area contributed by atoms with Crippen molar-refractivity contribution in [3.63, 3.8) is 0 Å². The molecule has 0 aliphatic heterocycles. The van der Waals surface area contributed by atoms with E-state index in [2.05, 4.69) is 24.8 Å². The van der Waals surface area contributed by atoms with Crippen LogP contribution in [0.15, 0.2) is 65.3 Å². The number of benzene rings is 2. The van der Waals surface area contributed by atoms with Crippen LogP contribution >= 0.6 is 0 Å². The molecule has 5 aromatic rings. The SMILES string of the molecule is CCS(=O)(=O)Nc1nc2c(-c3cccnc3-c3ccccc3)cc(-c3c(C)noc3C)cc2[nH]1. The minimum absolute atomic E-state index is 0.0536. The standard InChI is InChI=1S/C25H23N5O3S/c1-4-34(31,32)30-25-27-21-14-18(22-15(2)29-33-16(22)3)13-20(24(21)28-25)19-11-8-12-26-23(19)17-9-6-5-7-10-17/h5-14H,4H2,1-3H3,(H2,27,28,30). The van der Waals surface area contributed by atoms with Gasteiger partial charge in [0.2, 0.25) is 16.0 Å². The maximum absolute atomic E-state index is 12.2. The van der Waals surface area contributed by atoms with E-state index in [-0.39, 0.29) is 11.7 Å². The molecule has 0 aliphatic carbocycles. The molecule has 0 spiro atoms. The van der Waals surface area contributed by atoms with Crippen LogP contribution in [-0.2, 0) is 10.0 Å². The van der Waals surface area contributed by atoms with Crippen LogP contribution < -0.4 is 4.72 Å². The molecule has 3 aromatic heterocycles. The summed E-state index contributed by atoms with van der Waals surface area (Å²) in [6.07, 6.45) is 1.76. The van der Waals surface area contributed by atoms with Crippen LogP contribution in [0, 0.1) is 13.8 Å². The monoisotopic (exact) mass is 473 g/mol. The van der Waals surface area contributed by atoms with Crippen LogP contribution in [0.5, 0.6) is 0 Å². The van der Waals surface area contributed by atoms with Gasteiger partial charge in [-0.2, -0.15) is 0 Å². The van der Waals surface area contributed by atoms with Crippen LogP contribution in [0.4, 0.5) is 5.95 Å². The van der Waals surface area contributed by atoms with Gasteiger partial charge in [-0.25, -0.2) is 13.4 Å². The van der Waals surface area contributed by atoms with Crippen LogP contribution in [0.25, 0.3) is 44.5 Å². The predicted octanol–water partition coefficient (Wildman–Crippen LogP) is 5.33. The fraction of sp³-hybridized carbons (Fsp3) is 0.160. The van der Waals surface area contributed by atoms with Gasteiger partial charge < -0.3 is 9.51 Å². The molecular formula is C25H23N5O3S. The van der Waals surface area contributed by atoms with Gasteiger partial charge in [0.1, 0.15) is 5.76 Å². The van der Waals surface area contributed by atoms with Gasteiger partial charge in [0.05, 0.1) is 28.2 Å². The highest BCUT2D eigenvalue weighted by Gasteiger charge is 2.20. The molecule has 5 rings (SSSR count). The van der Waals surface area contributed by atoms with E-state index in [1.165, 1.54) is 0 Å². The lowest BCUT2D eigenvalue weighted by Gasteiger charge is -2.11. The first kappa shape index (κ1) is 21.8. The number of pyridine rings is 1. The van der Waals surface area contributed by atoms with Crippen molar-refractivity contribution in [1.29, 1.82) is 0 Å². The molecule has 0 fully saturated rings. The average Bonchev–Trinajstić information content (AvgIpc) is 3.40. The van der Waals surface area contributed by atoms with Gasteiger partial charge in [-0.3, -0.25) is 9.71 Å². The van der Waals surface area contributed by atoms with Crippen LogP contribution in [0.1, 0.15) is 18.4 Å². The lowest BCUT2D eigenvalue weighted by atomic mass is 9.94. The number of imidazole rings is 1. The van der Waals surface area contributed by atoms with Crippen molar-refractivity contribution in [2.24, 2.45) is 0 Å². The van der Waals surface area contributed by atoms with Crippen molar-refractivity contribution in [2.45, 2.75) is 20.8 Å². The minimum atomic E-state index is -3.50. The van der Waals surface area contributed by atoms with Gasteiger partial charge >= 0.3 is 0 Å². The summed E-state index contributed by atoms with van der Waals surface area (Å²) in [7, 11) is -3.50. The second-order valence-corrected chi connectivity index (χ2v) is 9.99. The van der Waals surface area contributed by atoms with E-state index >= 15 is 0 Å². The second kappa shape index (κ2) is 8.42. The second-order valence-electron chi connectivity index (χ2n) is 7.98. The molecule has 0 unspecified atom stereocenters. The molecule has 0 aliphatic rings. The molecule has 0 saturated heterocycles. The average molecular weight is 474 g/mol. The van der Waals surface area contributed by atoms with Gasteiger partial charge in [-0.15, -0.1) is 0 Å². The van der Waals surface area contributed by atoms with E-state index in [9.17, 15) is 8.42 Å². The number of aryl methyl sites for hydroxylation is 2. The highest BCUT2D eigenvalue weighted by Crippen LogP contribution is 2.39. The molecule has 0 radical (unpaired) electrons. The first-order chi connectivity index (χ1) is 16.4. The third-order valence-electron chi connectivity index (χ3n) is 5.69. The number of sulfonamides is 1. The zero-order valence-electron chi connectivity index (χ0n) is 19.0.